The molecule has 2 fully saturated rings. The number of nitrogens with zero attached hydrogens (tertiary/aromatic N) is 1. The van der Waals surface area contributed by atoms with E-state index >= 15 is 0 Å². The Labute approximate surface area is 146 Å². The van der Waals surface area contributed by atoms with Gasteiger partial charge in [-0.1, -0.05) is 6.07 Å². The number of aryl methyl sites for hydroxylation is 1. The monoisotopic (exact) mass is 351 g/mol. The normalized spacial score (nSPS) is 23.4. The summed E-state index contributed by atoms with van der Waals surface area (Å²) < 4.78 is 5.56. The molecule has 0 saturated carbocycles. The Morgan fingerprint density at radius 3 is 3.00 bits per heavy atom. The highest BCUT2D eigenvalue weighted by atomic mass is 32.2. The van der Waals surface area contributed by atoms with Crippen molar-refractivity contribution < 1.29 is 14.6 Å². The molecular formula is C17H25N3O3S. The Morgan fingerprint density at radius 1 is 1.46 bits per heavy atom. The molecule has 3 N–H and O–H groups in total. The first-order valence-electron chi connectivity index (χ1n) is 8.45. The van der Waals surface area contributed by atoms with Gasteiger partial charge in [-0.15, -0.1) is 0 Å². The molecule has 0 aliphatic carbocycles. The molecule has 2 saturated heterocycles. The van der Waals surface area contributed by atoms with Gasteiger partial charge in [0.25, 0.3) is 5.91 Å². The number of aromatic hydroxyl groups is 1. The van der Waals surface area contributed by atoms with E-state index < -0.39 is 0 Å². The maximum absolute atomic E-state index is 12.7. The molecule has 2 atom stereocenters. The minimum Gasteiger partial charge on any atom is -0.504 e. The zero-order valence-corrected chi connectivity index (χ0v) is 14.8. The number of nitrogens with one attached hydrogen (secondary N) is 2. The SMILES string of the molecule is Cc1ccc(OCC(=O)N(CC2CCCS2)C2CCNN2)c(O)c1. The van der Waals surface area contributed by atoms with Crippen molar-refractivity contribution in [2.75, 3.05) is 25.4 Å². The van der Waals surface area contributed by atoms with E-state index in [1.165, 1.54) is 12.2 Å². The average Bonchev–Trinajstić information content (AvgIpc) is 3.25. The largest absolute Gasteiger partial charge is 0.504 e. The number of hydrogen-bond acceptors (Lipinski definition) is 6. The molecule has 1 aromatic carbocycles. The van der Waals surface area contributed by atoms with Crippen molar-refractivity contribution >= 4 is 17.7 Å². The number of benzene rings is 1. The summed E-state index contributed by atoms with van der Waals surface area (Å²) in [5.74, 6) is 1.54. The van der Waals surface area contributed by atoms with Crippen molar-refractivity contribution in [3.8, 4) is 11.5 Å². The lowest BCUT2D eigenvalue weighted by Crippen LogP contribution is -2.51. The first-order chi connectivity index (χ1) is 11.6. The molecule has 0 radical (unpaired) electrons. The quantitative estimate of drug-likeness (QED) is 0.723. The summed E-state index contributed by atoms with van der Waals surface area (Å²) in [5.41, 5.74) is 7.21. The van der Waals surface area contributed by atoms with Gasteiger partial charge in [-0.25, -0.2) is 5.43 Å². The molecule has 0 aromatic heterocycles. The third-order valence-corrected chi connectivity index (χ3v) is 5.78. The number of ether oxygens (including phenoxy) is 1. The molecule has 2 heterocycles. The third kappa shape index (κ3) is 4.34. The number of phenols is 1. The first kappa shape index (κ1) is 17.4. The molecule has 0 bridgehead atoms. The number of amides is 1. The van der Waals surface area contributed by atoms with E-state index in [0.717, 1.165) is 31.5 Å². The smallest absolute Gasteiger partial charge is 0.261 e. The highest BCUT2D eigenvalue weighted by Crippen LogP contribution is 2.28. The summed E-state index contributed by atoms with van der Waals surface area (Å²) in [7, 11) is 0. The predicted molar refractivity (Wildman–Crippen MR) is 95.1 cm³/mol. The molecule has 1 amide bonds. The lowest BCUT2D eigenvalue weighted by molar-refractivity contribution is -0.136. The van der Waals surface area contributed by atoms with E-state index in [1.54, 1.807) is 12.1 Å². The van der Waals surface area contributed by atoms with Crippen LogP contribution in [-0.4, -0.2) is 52.8 Å². The molecule has 132 valence electrons. The summed E-state index contributed by atoms with van der Waals surface area (Å²) in [4.78, 5) is 14.6. The number of hydrogen-bond donors (Lipinski definition) is 3. The van der Waals surface area contributed by atoms with Crippen LogP contribution in [0.1, 0.15) is 24.8 Å². The summed E-state index contributed by atoms with van der Waals surface area (Å²) in [6, 6.07) is 5.19. The van der Waals surface area contributed by atoms with Gasteiger partial charge in [0.1, 0.15) is 0 Å². The molecule has 7 heteroatoms. The number of thioether (sulfide) groups is 1. The lowest BCUT2D eigenvalue weighted by Gasteiger charge is -2.30. The van der Waals surface area contributed by atoms with Gasteiger partial charge in [0.2, 0.25) is 0 Å². The van der Waals surface area contributed by atoms with Gasteiger partial charge in [0.05, 0.1) is 6.17 Å². The highest BCUT2D eigenvalue weighted by Gasteiger charge is 2.30. The lowest BCUT2D eigenvalue weighted by atomic mass is 10.2. The number of phenolic OH excluding ortho intramolecular Hbond substituents is 1. The second-order valence-corrected chi connectivity index (χ2v) is 7.72. The summed E-state index contributed by atoms with van der Waals surface area (Å²) in [5, 5.41) is 10.4. The van der Waals surface area contributed by atoms with Crippen LogP contribution in [0.3, 0.4) is 0 Å². The third-order valence-electron chi connectivity index (χ3n) is 4.40. The van der Waals surface area contributed by atoms with Crippen LogP contribution < -0.4 is 15.6 Å². The van der Waals surface area contributed by atoms with Gasteiger partial charge >= 0.3 is 0 Å². The molecule has 2 aliphatic heterocycles. The maximum Gasteiger partial charge on any atom is 0.261 e. The van der Waals surface area contributed by atoms with Crippen molar-refractivity contribution in [1.29, 1.82) is 0 Å². The van der Waals surface area contributed by atoms with Gasteiger partial charge in [0, 0.05) is 18.3 Å². The second kappa shape index (κ2) is 8.09. The number of rotatable bonds is 6. The van der Waals surface area contributed by atoms with Crippen LogP contribution >= 0.6 is 11.8 Å². The summed E-state index contributed by atoms with van der Waals surface area (Å²) in [6.45, 7) is 3.43. The van der Waals surface area contributed by atoms with Crippen LogP contribution in [0.25, 0.3) is 0 Å². The van der Waals surface area contributed by atoms with Gasteiger partial charge in [-0.3, -0.25) is 10.2 Å². The minimum atomic E-state index is -0.0633. The van der Waals surface area contributed by atoms with E-state index in [9.17, 15) is 9.90 Å². The van der Waals surface area contributed by atoms with E-state index in [-0.39, 0.29) is 24.4 Å². The standard InChI is InChI=1S/C17H25N3O3S/c1-12-4-5-15(14(21)9-12)23-11-17(22)20(16-6-7-18-19-16)10-13-3-2-8-24-13/h4-5,9,13,16,18-19,21H,2-3,6-8,10-11H2,1H3. The van der Waals surface area contributed by atoms with E-state index in [1.807, 2.05) is 29.7 Å². The molecule has 0 spiro atoms. The van der Waals surface area contributed by atoms with Crippen molar-refractivity contribution in [3.63, 3.8) is 0 Å². The molecule has 2 aliphatic rings. The van der Waals surface area contributed by atoms with Crippen molar-refractivity contribution in [3.05, 3.63) is 23.8 Å². The molecule has 6 nitrogen and oxygen atoms in total. The van der Waals surface area contributed by atoms with Crippen LogP contribution in [0.5, 0.6) is 11.5 Å². The van der Waals surface area contributed by atoms with Crippen molar-refractivity contribution in [2.45, 2.75) is 37.6 Å². The van der Waals surface area contributed by atoms with Gasteiger partial charge < -0.3 is 14.7 Å². The van der Waals surface area contributed by atoms with Crippen molar-refractivity contribution in [2.24, 2.45) is 0 Å². The topological polar surface area (TPSA) is 73.8 Å². The Bertz CT molecular complexity index is 572. The Balaban J connectivity index is 1.61. The summed E-state index contributed by atoms with van der Waals surface area (Å²) >= 11 is 1.94. The van der Waals surface area contributed by atoms with Crippen LogP contribution in [0.2, 0.25) is 0 Å². The maximum atomic E-state index is 12.7. The van der Waals surface area contributed by atoms with Crippen LogP contribution in [0, 0.1) is 6.92 Å². The highest BCUT2D eigenvalue weighted by molar-refractivity contribution is 8.00. The number of carbonyl (C=O) groups is 1. The second-order valence-electron chi connectivity index (χ2n) is 6.32. The molecule has 1 aromatic rings. The van der Waals surface area contributed by atoms with Crippen LogP contribution in [0.15, 0.2) is 18.2 Å². The molecule has 3 rings (SSSR count). The number of carbonyl (C=O) groups excluding carboxylic acids is 1. The Hall–Kier alpha value is -1.44. The fraction of sp³-hybridized carbons (Fsp3) is 0.588. The molecule has 24 heavy (non-hydrogen) atoms. The van der Waals surface area contributed by atoms with Gasteiger partial charge in [-0.05, 0) is 49.6 Å². The zero-order chi connectivity index (χ0) is 16.9. The zero-order valence-electron chi connectivity index (χ0n) is 14.0. The average molecular weight is 351 g/mol. The first-order valence-corrected chi connectivity index (χ1v) is 9.50. The van der Waals surface area contributed by atoms with E-state index in [4.69, 9.17) is 4.74 Å². The number of hydrazine groups is 1. The Morgan fingerprint density at radius 2 is 2.33 bits per heavy atom. The summed E-state index contributed by atoms with van der Waals surface area (Å²) in [6.07, 6.45) is 3.28. The van der Waals surface area contributed by atoms with E-state index in [2.05, 4.69) is 10.9 Å². The van der Waals surface area contributed by atoms with E-state index in [0.29, 0.717) is 11.0 Å². The Kier molecular flexibility index (Phi) is 5.86. The minimum absolute atomic E-state index is 0.00825. The van der Waals surface area contributed by atoms with Gasteiger partial charge in [-0.2, -0.15) is 11.8 Å². The fourth-order valence-electron chi connectivity index (χ4n) is 3.09. The van der Waals surface area contributed by atoms with Gasteiger partial charge in [0.15, 0.2) is 18.1 Å². The predicted octanol–water partition coefficient (Wildman–Crippen LogP) is 1.63. The van der Waals surface area contributed by atoms with Crippen LogP contribution in [-0.2, 0) is 4.79 Å². The molecular weight excluding hydrogens is 326 g/mol. The van der Waals surface area contributed by atoms with Crippen molar-refractivity contribution in [1.82, 2.24) is 15.8 Å². The molecule has 2 unspecified atom stereocenters. The van der Waals surface area contributed by atoms with Crippen LogP contribution in [0.4, 0.5) is 0 Å². The fourth-order valence-corrected chi connectivity index (χ4v) is 4.35.